The van der Waals surface area contributed by atoms with E-state index >= 15 is 0 Å². The number of rotatable bonds is 6. The maximum absolute atomic E-state index is 12.1. The maximum Gasteiger partial charge on any atom is 0.335 e. The number of hydrogen-bond acceptors (Lipinski definition) is 3. The minimum Gasteiger partial charge on any atom is -0.478 e. The summed E-state index contributed by atoms with van der Waals surface area (Å²) in [6.45, 7) is 1.89. The molecule has 0 bridgehead atoms. The number of carboxylic acid groups (broad SMARTS) is 1. The third-order valence-corrected chi connectivity index (χ3v) is 3.94. The van der Waals surface area contributed by atoms with E-state index in [1.54, 1.807) is 0 Å². The van der Waals surface area contributed by atoms with Gasteiger partial charge in [-0.25, -0.2) is 13.2 Å². The van der Waals surface area contributed by atoms with Crippen LogP contribution in [0.4, 0.5) is 0 Å². The molecule has 1 aromatic rings. The molecule has 2 N–H and O–H groups in total. The molecule has 1 aromatic carbocycles. The average molecular weight is 281 g/mol. The van der Waals surface area contributed by atoms with Gasteiger partial charge in [-0.15, -0.1) is 6.42 Å². The molecule has 6 heteroatoms. The fourth-order valence-electron chi connectivity index (χ4n) is 1.52. The van der Waals surface area contributed by atoms with Gasteiger partial charge < -0.3 is 5.11 Å². The third kappa shape index (κ3) is 4.09. The van der Waals surface area contributed by atoms with Crippen molar-refractivity contribution in [1.29, 1.82) is 0 Å². The van der Waals surface area contributed by atoms with Crippen LogP contribution in [0.1, 0.15) is 30.1 Å². The summed E-state index contributed by atoms with van der Waals surface area (Å²) in [5.41, 5.74) is -0.0874. The second-order valence-corrected chi connectivity index (χ2v) is 5.68. The zero-order valence-electron chi connectivity index (χ0n) is 10.5. The quantitative estimate of drug-likeness (QED) is 0.773. The summed E-state index contributed by atoms with van der Waals surface area (Å²) in [7, 11) is -3.81. The molecule has 1 rings (SSSR count). The fraction of sp³-hybridized carbons (Fsp3) is 0.308. The predicted molar refractivity (Wildman–Crippen MR) is 71.3 cm³/mol. The smallest absolute Gasteiger partial charge is 0.335 e. The molecule has 0 spiro atoms. The average Bonchev–Trinajstić information content (AvgIpc) is 2.38. The molecule has 19 heavy (non-hydrogen) atoms. The Hall–Kier alpha value is -1.84. The normalized spacial score (nSPS) is 12.6. The van der Waals surface area contributed by atoms with Gasteiger partial charge in [0, 0.05) is 0 Å². The Morgan fingerprint density at radius 1 is 1.53 bits per heavy atom. The Morgan fingerprint density at radius 2 is 2.21 bits per heavy atom. The highest BCUT2D eigenvalue weighted by Crippen LogP contribution is 2.13. The van der Waals surface area contributed by atoms with Gasteiger partial charge in [0.15, 0.2) is 0 Å². The highest BCUT2D eigenvalue weighted by Gasteiger charge is 2.19. The van der Waals surface area contributed by atoms with E-state index in [1.165, 1.54) is 18.2 Å². The van der Waals surface area contributed by atoms with Gasteiger partial charge in [0.1, 0.15) is 0 Å². The van der Waals surface area contributed by atoms with Crippen molar-refractivity contribution in [3.05, 3.63) is 29.8 Å². The van der Waals surface area contributed by atoms with Gasteiger partial charge in [0.25, 0.3) is 0 Å². The van der Waals surface area contributed by atoms with Crippen molar-refractivity contribution < 1.29 is 18.3 Å². The van der Waals surface area contributed by atoms with Crippen LogP contribution in [0, 0.1) is 12.3 Å². The largest absolute Gasteiger partial charge is 0.478 e. The van der Waals surface area contributed by atoms with E-state index in [9.17, 15) is 13.2 Å². The molecule has 0 aliphatic rings. The van der Waals surface area contributed by atoms with E-state index in [0.29, 0.717) is 6.42 Å². The Kier molecular flexibility index (Phi) is 5.10. The van der Waals surface area contributed by atoms with Gasteiger partial charge in [0.05, 0.1) is 16.5 Å². The lowest BCUT2D eigenvalue weighted by Crippen LogP contribution is -2.33. The lowest BCUT2D eigenvalue weighted by atomic mass is 10.2. The first-order valence-electron chi connectivity index (χ1n) is 5.72. The van der Waals surface area contributed by atoms with Crippen LogP contribution < -0.4 is 4.72 Å². The highest BCUT2D eigenvalue weighted by molar-refractivity contribution is 7.89. The first kappa shape index (κ1) is 15.2. The number of terminal acetylenes is 1. The van der Waals surface area contributed by atoms with Gasteiger partial charge in [-0.2, -0.15) is 4.72 Å². The van der Waals surface area contributed by atoms with Crippen molar-refractivity contribution in [2.45, 2.75) is 30.7 Å². The number of hydrogen-bond donors (Lipinski definition) is 2. The van der Waals surface area contributed by atoms with Crippen LogP contribution in [-0.2, 0) is 10.0 Å². The van der Waals surface area contributed by atoms with Crippen LogP contribution in [-0.4, -0.2) is 25.5 Å². The maximum atomic E-state index is 12.1. The number of nitrogens with one attached hydrogen (secondary N) is 1. The first-order chi connectivity index (χ1) is 8.90. The van der Waals surface area contributed by atoms with Crippen molar-refractivity contribution in [1.82, 2.24) is 4.72 Å². The molecule has 0 heterocycles. The standard InChI is InChI=1S/C13H15NO4S/c1-3-6-11(4-2)14-19(17,18)12-8-5-7-10(9-12)13(15)16/h2,5,7-9,11,14H,3,6H2,1H3,(H,15,16). The number of carbonyl (C=O) groups is 1. The molecule has 5 nitrogen and oxygen atoms in total. The second kappa shape index (κ2) is 6.36. The number of carboxylic acids is 1. The summed E-state index contributed by atoms with van der Waals surface area (Å²) >= 11 is 0. The van der Waals surface area contributed by atoms with E-state index in [0.717, 1.165) is 12.5 Å². The second-order valence-electron chi connectivity index (χ2n) is 3.96. The molecule has 0 aromatic heterocycles. The SMILES string of the molecule is C#CC(CCC)NS(=O)(=O)c1cccc(C(=O)O)c1. The Bertz CT molecular complexity index is 601. The Labute approximate surface area is 112 Å². The van der Waals surface area contributed by atoms with Crippen molar-refractivity contribution in [2.24, 2.45) is 0 Å². The van der Waals surface area contributed by atoms with Crippen molar-refractivity contribution >= 4 is 16.0 Å². The fourth-order valence-corrected chi connectivity index (χ4v) is 2.75. The molecule has 0 radical (unpaired) electrons. The van der Waals surface area contributed by atoms with Crippen LogP contribution >= 0.6 is 0 Å². The molecule has 0 aliphatic carbocycles. The van der Waals surface area contributed by atoms with Crippen molar-refractivity contribution in [2.75, 3.05) is 0 Å². The van der Waals surface area contributed by atoms with Crippen LogP contribution in [0.5, 0.6) is 0 Å². The predicted octanol–water partition coefficient (Wildman–Crippen LogP) is 1.47. The van der Waals surface area contributed by atoms with Crippen molar-refractivity contribution in [3.63, 3.8) is 0 Å². The molecule has 0 saturated heterocycles. The molecule has 1 atom stereocenters. The summed E-state index contributed by atoms with van der Waals surface area (Å²) in [4.78, 5) is 10.7. The van der Waals surface area contributed by atoms with E-state index in [2.05, 4.69) is 10.6 Å². The molecular formula is C13H15NO4S. The van der Waals surface area contributed by atoms with E-state index < -0.39 is 22.0 Å². The van der Waals surface area contributed by atoms with Gasteiger partial charge in [-0.3, -0.25) is 0 Å². The summed E-state index contributed by atoms with van der Waals surface area (Å²) < 4.78 is 26.5. The molecule has 0 saturated carbocycles. The lowest BCUT2D eigenvalue weighted by molar-refractivity contribution is 0.0696. The van der Waals surface area contributed by atoms with E-state index in [-0.39, 0.29) is 10.5 Å². The van der Waals surface area contributed by atoms with Gasteiger partial charge in [-0.1, -0.05) is 25.3 Å². The third-order valence-electron chi connectivity index (χ3n) is 2.47. The zero-order chi connectivity index (χ0) is 14.5. The number of benzene rings is 1. The van der Waals surface area contributed by atoms with E-state index in [4.69, 9.17) is 11.5 Å². The lowest BCUT2D eigenvalue weighted by Gasteiger charge is -2.12. The van der Waals surface area contributed by atoms with Crippen LogP contribution in [0.2, 0.25) is 0 Å². The summed E-state index contributed by atoms with van der Waals surface area (Å²) in [5.74, 6) is 1.18. The Morgan fingerprint density at radius 3 is 2.74 bits per heavy atom. The van der Waals surface area contributed by atoms with Gasteiger partial charge in [-0.05, 0) is 24.6 Å². The molecule has 0 amide bonds. The zero-order valence-corrected chi connectivity index (χ0v) is 11.3. The summed E-state index contributed by atoms with van der Waals surface area (Å²) in [5, 5.41) is 8.84. The molecule has 0 fully saturated rings. The topological polar surface area (TPSA) is 83.5 Å². The summed E-state index contributed by atoms with van der Waals surface area (Å²) in [6.07, 6.45) is 6.52. The molecular weight excluding hydrogens is 266 g/mol. The van der Waals surface area contributed by atoms with Gasteiger partial charge in [0.2, 0.25) is 10.0 Å². The minimum atomic E-state index is -3.81. The monoisotopic (exact) mass is 281 g/mol. The van der Waals surface area contributed by atoms with Gasteiger partial charge >= 0.3 is 5.97 Å². The number of sulfonamides is 1. The summed E-state index contributed by atoms with van der Waals surface area (Å²) in [6, 6.07) is 4.54. The molecule has 1 unspecified atom stereocenters. The van der Waals surface area contributed by atoms with Crippen LogP contribution in [0.3, 0.4) is 0 Å². The first-order valence-corrected chi connectivity index (χ1v) is 7.21. The van der Waals surface area contributed by atoms with Crippen LogP contribution in [0.15, 0.2) is 29.2 Å². The van der Waals surface area contributed by atoms with Crippen molar-refractivity contribution in [3.8, 4) is 12.3 Å². The highest BCUT2D eigenvalue weighted by atomic mass is 32.2. The molecule has 102 valence electrons. The minimum absolute atomic E-state index is 0.0874. The van der Waals surface area contributed by atoms with E-state index in [1.807, 2.05) is 6.92 Å². The molecule has 0 aliphatic heterocycles. The van der Waals surface area contributed by atoms with Crippen LogP contribution in [0.25, 0.3) is 0 Å². The number of aromatic carboxylic acids is 1. The Balaban J connectivity index is 3.04.